The Hall–Kier alpha value is -2.14. The summed E-state index contributed by atoms with van der Waals surface area (Å²) in [4.78, 5) is 23.6. The number of hydrogen-bond acceptors (Lipinski definition) is 6. The molecule has 0 aliphatic carbocycles. The quantitative estimate of drug-likeness (QED) is 0.645. The topological polar surface area (TPSA) is 73.2 Å². The molecule has 7 heteroatoms. The molecular weight excluding hydrogens is 339 g/mol. The summed E-state index contributed by atoms with van der Waals surface area (Å²) in [6.07, 6.45) is -0.192. The third kappa shape index (κ3) is 2.49. The van der Waals surface area contributed by atoms with Crippen LogP contribution in [0, 0.1) is 0 Å². The Kier molecular flexibility index (Phi) is 3.91. The van der Waals surface area contributed by atoms with E-state index in [-0.39, 0.29) is 13.0 Å². The van der Waals surface area contributed by atoms with Crippen LogP contribution in [0.3, 0.4) is 0 Å². The Balaban J connectivity index is 1.83. The van der Waals surface area contributed by atoms with Crippen molar-refractivity contribution in [1.82, 2.24) is 0 Å². The second kappa shape index (κ2) is 5.99. The van der Waals surface area contributed by atoms with E-state index in [0.29, 0.717) is 13.1 Å². The molecule has 2 aliphatic rings. The molecule has 1 atom stereocenters. The van der Waals surface area contributed by atoms with Gasteiger partial charge < -0.3 is 0 Å². The first-order chi connectivity index (χ1) is 12.0. The Bertz CT molecular complexity index is 726. The number of cyclic esters (lactones) is 1. The van der Waals surface area contributed by atoms with Crippen molar-refractivity contribution in [2.24, 2.45) is 0 Å². The molecule has 0 bridgehead atoms. The first kappa shape index (κ1) is 16.3. The molecular formula is C18H21N2O4P. The Labute approximate surface area is 146 Å². The number of hydrogen-bond donors (Lipinski definition) is 2. The van der Waals surface area contributed by atoms with Crippen molar-refractivity contribution in [3.63, 3.8) is 0 Å². The molecule has 2 aromatic rings. The van der Waals surface area contributed by atoms with E-state index in [9.17, 15) is 14.8 Å². The summed E-state index contributed by atoms with van der Waals surface area (Å²) in [6, 6.07) is 19.1. The monoisotopic (exact) mass is 360 g/mol. The van der Waals surface area contributed by atoms with Crippen LogP contribution in [0.15, 0.2) is 60.7 Å². The van der Waals surface area contributed by atoms with Gasteiger partial charge in [0.15, 0.2) is 0 Å². The summed E-state index contributed by atoms with van der Waals surface area (Å²) in [5, 5.41) is 9.68. The van der Waals surface area contributed by atoms with Crippen LogP contribution in [0.1, 0.15) is 6.42 Å². The molecule has 2 fully saturated rings. The van der Waals surface area contributed by atoms with Gasteiger partial charge in [0.05, 0.1) is 0 Å². The number of carbonyl (C=O) groups is 1. The van der Waals surface area contributed by atoms with Crippen LogP contribution < -0.4 is 9.34 Å². The fourth-order valence-corrected chi connectivity index (χ4v) is 7.54. The van der Waals surface area contributed by atoms with E-state index < -0.39 is 19.1 Å². The number of rotatable bonds is 3. The molecule has 2 N–H and O–H groups in total. The average molecular weight is 360 g/mol. The second-order valence-corrected chi connectivity index (χ2v) is 9.76. The van der Waals surface area contributed by atoms with Crippen LogP contribution in [0.5, 0.6) is 0 Å². The minimum absolute atomic E-state index is 0.179. The summed E-state index contributed by atoms with van der Waals surface area (Å²) in [5.74, 6) is -0.476. The molecule has 0 amide bonds. The normalized spacial score (nSPS) is 26.6. The molecule has 0 saturated carbocycles. The number of aliphatic hydroxyl groups is 1. The first-order valence-electron chi connectivity index (χ1n) is 8.30. The van der Waals surface area contributed by atoms with Gasteiger partial charge in [-0.15, -0.1) is 0 Å². The number of esters is 1. The predicted octanol–water partition coefficient (Wildman–Crippen LogP) is 2.14. The predicted molar refractivity (Wildman–Crippen MR) is 98.6 cm³/mol. The van der Waals surface area contributed by atoms with Gasteiger partial charge in [0.1, 0.15) is 0 Å². The minimum atomic E-state index is -3.68. The standard InChI is InChI=1S/C18H21N2O4P/c21-17-13-18(22,14-24-17)25(23)19(15-7-3-1-4-8-15)11-12-20(25)16-9-5-2-6-10-16/h1-10,22-23,25H,11-14H2. The molecule has 0 radical (unpaired) electrons. The summed E-state index contributed by atoms with van der Waals surface area (Å²) in [6.45, 7) is 0.956. The Morgan fingerprint density at radius 3 is 1.80 bits per heavy atom. The molecule has 0 spiro atoms. The second-order valence-electron chi connectivity index (χ2n) is 6.48. The summed E-state index contributed by atoms with van der Waals surface area (Å²) < 4.78 is 8.80. The number of nitrogens with zero attached hydrogens (tertiary/aromatic N) is 2. The molecule has 2 saturated heterocycles. The van der Waals surface area contributed by atoms with Crippen molar-refractivity contribution in [3.8, 4) is 0 Å². The van der Waals surface area contributed by atoms with Crippen LogP contribution in [0.2, 0.25) is 0 Å². The zero-order valence-corrected chi connectivity index (χ0v) is 14.7. The fourth-order valence-electron chi connectivity index (χ4n) is 3.75. The first-order valence-corrected chi connectivity index (χ1v) is 10.1. The van der Waals surface area contributed by atoms with Gasteiger partial charge >= 0.3 is 146 Å². The summed E-state index contributed by atoms with van der Waals surface area (Å²) in [7, 11) is -3.68. The SMILES string of the molecule is O=C1CC(O)([PH]2(O)N(c3ccccc3)CCN2c2ccccc2)CO1. The van der Waals surface area contributed by atoms with E-state index in [1.54, 1.807) is 0 Å². The Morgan fingerprint density at radius 2 is 1.40 bits per heavy atom. The number of anilines is 2. The zero-order valence-electron chi connectivity index (χ0n) is 13.7. The van der Waals surface area contributed by atoms with Crippen LogP contribution in [0.25, 0.3) is 0 Å². The van der Waals surface area contributed by atoms with Crippen LogP contribution >= 0.6 is 7.79 Å². The maximum absolute atomic E-state index is 11.9. The maximum atomic E-state index is 11.9. The van der Waals surface area contributed by atoms with Crippen LogP contribution in [-0.2, 0) is 9.53 Å². The fraction of sp³-hybridized carbons (Fsp3) is 0.278. The van der Waals surface area contributed by atoms with Crippen molar-refractivity contribution in [2.75, 3.05) is 29.0 Å². The van der Waals surface area contributed by atoms with Crippen molar-refractivity contribution in [3.05, 3.63) is 60.7 Å². The van der Waals surface area contributed by atoms with Crippen LogP contribution in [0.4, 0.5) is 11.4 Å². The Morgan fingerprint density at radius 1 is 0.920 bits per heavy atom. The van der Waals surface area contributed by atoms with Crippen molar-refractivity contribution >= 4 is 25.1 Å². The van der Waals surface area contributed by atoms with E-state index in [4.69, 9.17) is 4.74 Å². The van der Waals surface area contributed by atoms with E-state index in [1.165, 1.54) is 0 Å². The zero-order chi connectivity index (χ0) is 17.5. The van der Waals surface area contributed by atoms with Gasteiger partial charge in [0.25, 0.3) is 0 Å². The van der Waals surface area contributed by atoms with E-state index >= 15 is 0 Å². The van der Waals surface area contributed by atoms with Gasteiger partial charge in [0, 0.05) is 0 Å². The van der Waals surface area contributed by atoms with Crippen molar-refractivity contribution < 1.29 is 19.5 Å². The number of benzene rings is 2. The molecule has 2 aromatic carbocycles. The van der Waals surface area contributed by atoms with Crippen molar-refractivity contribution in [2.45, 2.75) is 11.8 Å². The van der Waals surface area contributed by atoms with E-state index in [0.717, 1.165) is 11.4 Å². The molecule has 2 aliphatic heterocycles. The molecule has 132 valence electrons. The van der Waals surface area contributed by atoms with Crippen LogP contribution in [-0.4, -0.2) is 41.0 Å². The van der Waals surface area contributed by atoms with E-state index in [1.807, 2.05) is 70.0 Å². The van der Waals surface area contributed by atoms with E-state index in [2.05, 4.69) is 0 Å². The number of carbonyl (C=O) groups excluding carboxylic acids is 1. The molecule has 4 rings (SSSR count). The van der Waals surface area contributed by atoms with Gasteiger partial charge in [-0.2, -0.15) is 0 Å². The molecule has 25 heavy (non-hydrogen) atoms. The summed E-state index contributed by atoms with van der Waals surface area (Å²) in [5.41, 5.74) is 1.67. The molecule has 0 aromatic heterocycles. The van der Waals surface area contributed by atoms with Gasteiger partial charge in [-0.3, -0.25) is 0 Å². The third-order valence-electron chi connectivity index (χ3n) is 4.97. The molecule has 1 unspecified atom stereocenters. The number of para-hydroxylation sites is 2. The van der Waals surface area contributed by atoms with Gasteiger partial charge in [-0.05, 0) is 0 Å². The summed E-state index contributed by atoms with van der Waals surface area (Å²) >= 11 is 0. The van der Waals surface area contributed by atoms with Gasteiger partial charge in [0.2, 0.25) is 0 Å². The van der Waals surface area contributed by atoms with Gasteiger partial charge in [-0.1, -0.05) is 0 Å². The molecule has 2 heterocycles. The van der Waals surface area contributed by atoms with Crippen molar-refractivity contribution in [1.29, 1.82) is 0 Å². The third-order valence-corrected chi connectivity index (χ3v) is 9.01. The average Bonchev–Trinajstić information content (AvgIpc) is 3.18. The van der Waals surface area contributed by atoms with Gasteiger partial charge in [-0.25, -0.2) is 0 Å². The molecule has 6 nitrogen and oxygen atoms in total. The number of ether oxygens (including phenoxy) is 1.